The Kier molecular flexibility index (Phi) is 9.34. The number of carbonyl (C=O) groups excluding carboxylic acids is 2. The number of likely N-dealkylation sites (N-methyl/N-ethyl adjacent to an activating group) is 1. The number of rotatable bonds is 11. The maximum atomic E-state index is 13.7. The highest BCUT2D eigenvalue weighted by molar-refractivity contribution is 7.89. The van der Waals surface area contributed by atoms with Gasteiger partial charge in [-0.2, -0.15) is 4.31 Å². The average Bonchev–Trinajstić information content (AvgIpc) is 2.93. The third kappa shape index (κ3) is 6.80. The molecule has 42 heavy (non-hydrogen) atoms. The molecular formula is C31H36FN3O6S. The van der Waals surface area contributed by atoms with Gasteiger partial charge >= 0.3 is 5.97 Å². The van der Waals surface area contributed by atoms with Gasteiger partial charge in [0.25, 0.3) is 5.91 Å². The Balaban J connectivity index is 1.49. The number of sulfonamides is 1. The topological polar surface area (TPSA) is 119 Å². The highest BCUT2D eigenvalue weighted by Crippen LogP contribution is 2.40. The van der Waals surface area contributed by atoms with E-state index in [9.17, 15) is 22.4 Å². The summed E-state index contributed by atoms with van der Waals surface area (Å²) in [5.74, 6) is -1.19. The van der Waals surface area contributed by atoms with Crippen LogP contribution in [0.1, 0.15) is 25.0 Å². The zero-order valence-corrected chi connectivity index (χ0v) is 24.9. The Morgan fingerprint density at radius 1 is 1.00 bits per heavy atom. The number of nitrogens with two attached hydrogens (primary N) is 1. The lowest BCUT2D eigenvalue weighted by Crippen LogP contribution is -2.64. The van der Waals surface area contributed by atoms with Gasteiger partial charge in [0.05, 0.1) is 18.0 Å². The Bertz CT molecular complexity index is 1510. The van der Waals surface area contributed by atoms with Crippen molar-refractivity contribution >= 4 is 21.9 Å². The van der Waals surface area contributed by atoms with Crippen molar-refractivity contribution in [3.8, 4) is 5.75 Å². The second-order valence-electron chi connectivity index (χ2n) is 11.0. The second-order valence-corrected chi connectivity index (χ2v) is 12.9. The van der Waals surface area contributed by atoms with Crippen LogP contribution in [-0.4, -0.2) is 68.8 Å². The molecule has 224 valence electrons. The normalized spacial score (nSPS) is 16.3. The summed E-state index contributed by atoms with van der Waals surface area (Å²) in [6, 6.07) is 20.0. The number of hydrogen-bond donors (Lipinski definition) is 1. The first-order chi connectivity index (χ1) is 19.8. The summed E-state index contributed by atoms with van der Waals surface area (Å²) < 4.78 is 53.9. The number of benzene rings is 3. The summed E-state index contributed by atoms with van der Waals surface area (Å²) in [6.07, 6.45) is -0.962. The Morgan fingerprint density at radius 2 is 1.64 bits per heavy atom. The molecule has 0 saturated carbocycles. The zero-order chi connectivity index (χ0) is 30.7. The average molecular weight is 598 g/mol. The monoisotopic (exact) mass is 597 g/mol. The van der Waals surface area contributed by atoms with Crippen LogP contribution in [0, 0.1) is 11.7 Å². The van der Waals surface area contributed by atoms with Gasteiger partial charge in [0.1, 0.15) is 17.6 Å². The Hall–Kier alpha value is -3.80. The summed E-state index contributed by atoms with van der Waals surface area (Å²) in [4.78, 5) is 26.5. The molecule has 11 heteroatoms. The standard InChI is InChI=1S/C31H36FN3O6S/c1-21(2)28(29(36)34(3)4)40-30(37)27(33)18-22-9-8-12-26(17-22)42(38,39)35-19-31(20-35,23-13-15-24(32)16-14-23)41-25-10-6-5-7-11-25/h5-17,21,27-28H,18-20,33H2,1-4H3/t27-,28?/m0/s1. The number of halogens is 1. The molecule has 2 N–H and O–H groups in total. The van der Waals surface area contributed by atoms with E-state index in [-0.39, 0.29) is 36.2 Å². The molecule has 3 aromatic rings. The molecular weight excluding hydrogens is 561 g/mol. The van der Waals surface area contributed by atoms with E-state index in [1.54, 1.807) is 64.3 Å². The van der Waals surface area contributed by atoms with Crippen molar-refractivity contribution in [3.05, 3.63) is 95.8 Å². The van der Waals surface area contributed by atoms with Crippen LogP contribution >= 0.6 is 0 Å². The summed E-state index contributed by atoms with van der Waals surface area (Å²) in [5, 5.41) is 0. The first-order valence-corrected chi connectivity index (χ1v) is 15.0. The minimum Gasteiger partial charge on any atom is -0.480 e. The lowest BCUT2D eigenvalue weighted by atomic mass is 9.87. The van der Waals surface area contributed by atoms with Gasteiger partial charge in [0.2, 0.25) is 10.0 Å². The molecule has 1 unspecified atom stereocenters. The largest absolute Gasteiger partial charge is 0.480 e. The van der Waals surface area contributed by atoms with Crippen molar-refractivity contribution in [3.63, 3.8) is 0 Å². The summed E-state index contributed by atoms with van der Waals surface area (Å²) in [5.41, 5.74) is 6.29. The predicted molar refractivity (Wildman–Crippen MR) is 155 cm³/mol. The maximum absolute atomic E-state index is 13.7. The lowest BCUT2D eigenvalue weighted by molar-refractivity contribution is -0.163. The molecule has 3 aromatic carbocycles. The molecule has 0 spiro atoms. The third-order valence-electron chi connectivity index (χ3n) is 7.12. The number of ether oxygens (including phenoxy) is 2. The van der Waals surface area contributed by atoms with Crippen molar-refractivity contribution in [2.75, 3.05) is 27.2 Å². The zero-order valence-electron chi connectivity index (χ0n) is 24.1. The molecule has 0 bridgehead atoms. The van der Waals surface area contributed by atoms with E-state index in [4.69, 9.17) is 15.2 Å². The lowest BCUT2D eigenvalue weighted by Gasteiger charge is -2.48. The van der Waals surface area contributed by atoms with Crippen LogP contribution in [0.3, 0.4) is 0 Å². The SMILES string of the molecule is CC(C)C(OC(=O)[C@@H](N)Cc1cccc(S(=O)(=O)N2CC(Oc3ccccc3)(c3ccc(F)cc3)C2)c1)C(=O)N(C)C. The fraction of sp³-hybridized carbons (Fsp3) is 0.355. The van der Waals surface area contributed by atoms with E-state index in [0.717, 1.165) is 0 Å². The van der Waals surface area contributed by atoms with E-state index in [0.29, 0.717) is 16.9 Å². The van der Waals surface area contributed by atoms with Crippen LogP contribution in [0.15, 0.2) is 83.8 Å². The van der Waals surface area contributed by atoms with Crippen LogP contribution < -0.4 is 10.5 Å². The molecule has 1 amide bonds. The molecule has 1 saturated heterocycles. The van der Waals surface area contributed by atoms with Crippen molar-refractivity contribution in [1.82, 2.24) is 9.21 Å². The van der Waals surface area contributed by atoms with Crippen molar-refractivity contribution in [2.24, 2.45) is 11.7 Å². The van der Waals surface area contributed by atoms with Crippen LogP contribution in [-0.2, 0) is 36.4 Å². The second kappa shape index (κ2) is 12.6. The van der Waals surface area contributed by atoms with E-state index in [1.807, 2.05) is 18.2 Å². The van der Waals surface area contributed by atoms with Gasteiger partial charge in [0.15, 0.2) is 11.7 Å². The number of esters is 1. The molecule has 1 fully saturated rings. The van der Waals surface area contributed by atoms with Crippen LogP contribution in [0.4, 0.5) is 4.39 Å². The maximum Gasteiger partial charge on any atom is 0.324 e. The van der Waals surface area contributed by atoms with Gasteiger partial charge in [-0.3, -0.25) is 9.59 Å². The number of nitrogens with zero attached hydrogens (tertiary/aromatic N) is 2. The molecule has 2 atom stereocenters. The highest BCUT2D eigenvalue weighted by Gasteiger charge is 2.52. The molecule has 1 aliphatic heterocycles. The van der Waals surface area contributed by atoms with Crippen LogP contribution in [0.25, 0.3) is 0 Å². The number of hydrogen-bond acceptors (Lipinski definition) is 7. The fourth-order valence-electron chi connectivity index (χ4n) is 4.73. The molecule has 0 radical (unpaired) electrons. The smallest absolute Gasteiger partial charge is 0.324 e. The van der Waals surface area contributed by atoms with E-state index in [2.05, 4.69) is 0 Å². The molecule has 0 aliphatic carbocycles. The van der Waals surface area contributed by atoms with Crippen molar-refractivity contribution in [2.45, 2.75) is 42.9 Å². The number of amides is 1. The van der Waals surface area contributed by atoms with Crippen molar-refractivity contribution in [1.29, 1.82) is 0 Å². The van der Waals surface area contributed by atoms with Gasteiger partial charge in [-0.25, -0.2) is 12.8 Å². The predicted octanol–water partition coefficient (Wildman–Crippen LogP) is 3.33. The number of para-hydroxylation sites is 1. The Labute approximate surface area is 246 Å². The summed E-state index contributed by atoms with van der Waals surface area (Å²) in [6.45, 7) is 3.57. The van der Waals surface area contributed by atoms with Crippen LogP contribution in [0.2, 0.25) is 0 Å². The van der Waals surface area contributed by atoms with Crippen molar-refractivity contribution < 1.29 is 31.9 Å². The molecule has 9 nitrogen and oxygen atoms in total. The molecule has 0 aromatic heterocycles. The minimum atomic E-state index is -3.94. The van der Waals surface area contributed by atoms with Gasteiger partial charge in [-0.05, 0) is 59.9 Å². The van der Waals surface area contributed by atoms with E-state index < -0.39 is 39.6 Å². The van der Waals surface area contributed by atoms with Gasteiger partial charge in [-0.1, -0.05) is 56.3 Å². The van der Waals surface area contributed by atoms with Gasteiger partial charge in [0, 0.05) is 14.1 Å². The molecule has 4 rings (SSSR count). The third-order valence-corrected chi connectivity index (χ3v) is 8.91. The first kappa shape index (κ1) is 31.1. The molecule has 1 heterocycles. The summed E-state index contributed by atoms with van der Waals surface area (Å²) in [7, 11) is -0.786. The first-order valence-electron chi connectivity index (χ1n) is 13.6. The quantitative estimate of drug-likeness (QED) is 0.337. The van der Waals surface area contributed by atoms with Crippen LogP contribution in [0.5, 0.6) is 5.75 Å². The highest BCUT2D eigenvalue weighted by atomic mass is 32.2. The fourth-order valence-corrected chi connectivity index (χ4v) is 6.33. The van der Waals surface area contributed by atoms with E-state index in [1.165, 1.54) is 33.5 Å². The van der Waals surface area contributed by atoms with Gasteiger partial charge in [-0.15, -0.1) is 0 Å². The molecule has 1 aliphatic rings. The summed E-state index contributed by atoms with van der Waals surface area (Å²) >= 11 is 0. The van der Waals surface area contributed by atoms with E-state index >= 15 is 0 Å². The Morgan fingerprint density at radius 3 is 2.24 bits per heavy atom. The van der Waals surface area contributed by atoms with Gasteiger partial charge < -0.3 is 20.1 Å². The minimum absolute atomic E-state index is 0.0137. The number of carbonyl (C=O) groups is 2.